The fourth-order valence-corrected chi connectivity index (χ4v) is 3.60. The highest BCUT2D eigenvalue weighted by Crippen LogP contribution is 2.20. The molecule has 0 atom stereocenters. The molecule has 1 N–H and O–H groups in total. The third kappa shape index (κ3) is 4.79. The number of aryl methyl sites for hydroxylation is 2. The minimum atomic E-state index is -3.53. The number of sulfone groups is 1. The van der Waals surface area contributed by atoms with Crippen molar-refractivity contribution in [3.05, 3.63) is 59.7 Å². The van der Waals surface area contributed by atoms with Gasteiger partial charge in [0.1, 0.15) is 0 Å². The zero-order valence-corrected chi connectivity index (χ0v) is 15.8. The summed E-state index contributed by atoms with van der Waals surface area (Å²) in [6.45, 7) is 3.84. The van der Waals surface area contributed by atoms with Crippen molar-refractivity contribution in [3.63, 3.8) is 0 Å². The molecular weight excluding hydrogens is 366 g/mol. The highest BCUT2D eigenvalue weighted by molar-refractivity contribution is 7.91. The van der Waals surface area contributed by atoms with Crippen molar-refractivity contribution < 1.29 is 17.6 Å². The second-order valence-corrected chi connectivity index (χ2v) is 8.32. The first-order valence-electron chi connectivity index (χ1n) is 8.33. The van der Waals surface area contributed by atoms with E-state index in [0.717, 1.165) is 16.7 Å². The number of carbonyl (C=O) groups excluding carboxylic acids is 1. The van der Waals surface area contributed by atoms with Crippen molar-refractivity contribution in [1.29, 1.82) is 0 Å². The van der Waals surface area contributed by atoms with Crippen LogP contribution in [0.25, 0.3) is 11.5 Å². The number of nitrogens with one attached hydrogen (secondary N) is 1. The molecule has 0 saturated heterocycles. The first kappa shape index (κ1) is 18.8. The number of benzene rings is 2. The smallest absolute Gasteiger partial charge is 0.322 e. The Bertz CT molecular complexity index is 1040. The van der Waals surface area contributed by atoms with Crippen molar-refractivity contribution >= 4 is 21.8 Å². The van der Waals surface area contributed by atoms with Crippen LogP contribution in [0, 0.1) is 13.8 Å². The van der Waals surface area contributed by atoms with Crippen LogP contribution in [0.4, 0.5) is 6.01 Å². The summed E-state index contributed by atoms with van der Waals surface area (Å²) in [6.07, 6.45) is -0.210. The Hall–Kier alpha value is -3.00. The molecule has 0 fully saturated rings. The van der Waals surface area contributed by atoms with E-state index in [0.29, 0.717) is 0 Å². The van der Waals surface area contributed by atoms with Gasteiger partial charge in [-0.2, -0.15) is 0 Å². The summed E-state index contributed by atoms with van der Waals surface area (Å²) in [5.41, 5.74) is 2.80. The molecule has 1 heterocycles. The molecule has 0 aliphatic carbocycles. The molecular formula is C19H19N3O4S. The molecule has 1 amide bonds. The quantitative estimate of drug-likeness (QED) is 0.699. The SMILES string of the molecule is Cc1ccc(-c2nnc(NC(=O)CCS(=O)(=O)c3ccc(C)cc3)o2)cc1. The predicted molar refractivity (Wildman–Crippen MR) is 101 cm³/mol. The van der Waals surface area contributed by atoms with Gasteiger partial charge in [-0.05, 0) is 38.1 Å². The van der Waals surface area contributed by atoms with Crippen LogP contribution in [0.3, 0.4) is 0 Å². The minimum Gasteiger partial charge on any atom is -0.403 e. The number of nitrogens with zero attached hydrogens (tertiary/aromatic N) is 2. The fraction of sp³-hybridized carbons (Fsp3) is 0.211. The van der Waals surface area contributed by atoms with Crippen LogP contribution >= 0.6 is 0 Å². The van der Waals surface area contributed by atoms with Crippen molar-refractivity contribution in [1.82, 2.24) is 10.2 Å². The van der Waals surface area contributed by atoms with Gasteiger partial charge in [0.15, 0.2) is 9.84 Å². The third-order valence-corrected chi connectivity index (χ3v) is 5.68. The Kier molecular flexibility index (Phi) is 5.36. The lowest BCUT2D eigenvalue weighted by atomic mass is 10.1. The maximum atomic E-state index is 12.3. The number of rotatable bonds is 6. The van der Waals surface area contributed by atoms with Gasteiger partial charge in [0.25, 0.3) is 0 Å². The van der Waals surface area contributed by atoms with Gasteiger partial charge in [0, 0.05) is 12.0 Å². The molecule has 0 aliphatic rings. The van der Waals surface area contributed by atoms with E-state index in [2.05, 4.69) is 15.5 Å². The normalized spacial score (nSPS) is 11.3. The molecule has 0 aliphatic heterocycles. The van der Waals surface area contributed by atoms with E-state index in [4.69, 9.17) is 4.42 Å². The van der Waals surface area contributed by atoms with Crippen molar-refractivity contribution in [2.45, 2.75) is 25.2 Å². The van der Waals surface area contributed by atoms with Gasteiger partial charge >= 0.3 is 6.01 Å². The van der Waals surface area contributed by atoms with E-state index < -0.39 is 15.7 Å². The van der Waals surface area contributed by atoms with E-state index in [1.165, 1.54) is 12.1 Å². The monoisotopic (exact) mass is 385 g/mol. The maximum absolute atomic E-state index is 12.3. The molecule has 0 radical (unpaired) electrons. The molecule has 1 aromatic heterocycles. The van der Waals surface area contributed by atoms with Crippen LogP contribution in [0.5, 0.6) is 0 Å². The highest BCUT2D eigenvalue weighted by atomic mass is 32.2. The summed E-state index contributed by atoms with van der Waals surface area (Å²) in [7, 11) is -3.53. The number of carbonyl (C=O) groups is 1. The Labute approximate surface area is 157 Å². The number of amides is 1. The lowest BCUT2D eigenvalue weighted by molar-refractivity contribution is -0.115. The van der Waals surface area contributed by atoms with Crippen LogP contribution in [0.1, 0.15) is 17.5 Å². The molecule has 2 aromatic carbocycles. The summed E-state index contributed by atoms with van der Waals surface area (Å²) in [6, 6.07) is 13.9. The van der Waals surface area contributed by atoms with Crippen molar-refractivity contribution in [2.24, 2.45) is 0 Å². The van der Waals surface area contributed by atoms with Crippen LogP contribution in [-0.2, 0) is 14.6 Å². The molecule has 0 unspecified atom stereocenters. The second kappa shape index (κ2) is 7.71. The Morgan fingerprint density at radius 3 is 2.19 bits per heavy atom. The van der Waals surface area contributed by atoms with E-state index in [1.807, 2.05) is 38.1 Å². The highest BCUT2D eigenvalue weighted by Gasteiger charge is 2.18. The van der Waals surface area contributed by atoms with Crippen LogP contribution in [0.2, 0.25) is 0 Å². The van der Waals surface area contributed by atoms with Gasteiger partial charge in [0.05, 0.1) is 10.6 Å². The molecule has 0 bridgehead atoms. The number of hydrogen-bond acceptors (Lipinski definition) is 6. The summed E-state index contributed by atoms with van der Waals surface area (Å²) in [4.78, 5) is 12.2. The average molecular weight is 385 g/mol. The third-order valence-electron chi connectivity index (χ3n) is 3.95. The molecule has 7 nitrogen and oxygen atoms in total. The van der Waals surface area contributed by atoms with Crippen LogP contribution < -0.4 is 5.32 Å². The number of hydrogen-bond donors (Lipinski definition) is 1. The van der Waals surface area contributed by atoms with Crippen LogP contribution in [0.15, 0.2) is 57.8 Å². The average Bonchev–Trinajstić information content (AvgIpc) is 3.09. The molecule has 3 aromatic rings. The van der Waals surface area contributed by atoms with E-state index in [9.17, 15) is 13.2 Å². The van der Waals surface area contributed by atoms with Crippen molar-refractivity contribution in [2.75, 3.05) is 11.1 Å². The number of aromatic nitrogens is 2. The number of anilines is 1. The Morgan fingerprint density at radius 2 is 1.56 bits per heavy atom. The largest absolute Gasteiger partial charge is 0.403 e. The standard InChI is InChI=1S/C19H19N3O4S/c1-13-3-7-15(8-4-13)18-21-22-19(26-18)20-17(23)11-12-27(24,25)16-9-5-14(2)6-10-16/h3-10H,11-12H2,1-2H3,(H,20,22,23). The minimum absolute atomic E-state index is 0.0664. The molecule has 0 saturated carbocycles. The lowest BCUT2D eigenvalue weighted by Gasteiger charge is -2.04. The van der Waals surface area contributed by atoms with Crippen molar-refractivity contribution in [3.8, 4) is 11.5 Å². The van der Waals surface area contributed by atoms with Gasteiger partial charge in [-0.25, -0.2) is 8.42 Å². The van der Waals surface area contributed by atoms with E-state index >= 15 is 0 Å². The molecule has 140 valence electrons. The first-order chi connectivity index (χ1) is 12.8. The van der Waals surface area contributed by atoms with Gasteiger partial charge in [-0.1, -0.05) is 40.5 Å². The molecule has 0 spiro atoms. The second-order valence-electron chi connectivity index (χ2n) is 6.21. The van der Waals surface area contributed by atoms with E-state index in [-0.39, 0.29) is 29.0 Å². The summed E-state index contributed by atoms with van der Waals surface area (Å²) in [5.74, 6) is -0.539. The van der Waals surface area contributed by atoms with Gasteiger partial charge < -0.3 is 4.42 Å². The Balaban J connectivity index is 1.59. The first-order valence-corrected chi connectivity index (χ1v) is 9.98. The topological polar surface area (TPSA) is 102 Å². The Morgan fingerprint density at radius 1 is 0.963 bits per heavy atom. The molecule has 27 heavy (non-hydrogen) atoms. The van der Waals surface area contributed by atoms with Gasteiger partial charge in [0.2, 0.25) is 11.8 Å². The zero-order chi connectivity index (χ0) is 19.4. The maximum Gasteiger partial charge on any atom is 0.322 e. The molecule has 3 rings (SSSR count). The zero-order valence-electron chi connectivity index (χ0n) is 15.0. The molecule has 8 heteroatoms. The van der Waals surface area contributed by atoms with Gasteiger partial charge in [-0.3, -0.25) is 10.1 Å². The van der Waals surface area contributed by atoms with Crippen LogP contribution in [-0.4, -0.2) is 30.3 Å². The summed E-state index contributed by atoms with van der Waals surface area (Å²) in [5, 5.41) is 10.1. The summed E-state index contributed by atoms with van der Waals surface area (Å²) >= 11 is 0. The fourth-order valence-electron chi connectivity index (χ4n) is 2.36. The lowest BCUT2D eigenvalue weighted by Crippen LogP contribution is -2.17. The van der Waals surface area contributed by atoms with E-state index in [1.54, 1.807) is 12.1 Å². The predicted octanol–water partition coefficient (Wildman–Crippen LogP) is 3.16. The summed E-state index contributed by atoms with van der Waals surface area (Å²) < 4.78 is 30.0. The van der Waals surface area contributed by atoms with Gasteiger partial charge in [-0.15, -0.1) is 5.10 Å².